The number of amides is 3. The van der Waals surface area contributed by atoms with E-state index in [0.29, 0.717) is 17.1 Å². The van der Waals surface area contributed by atoms with E-state index in [-0.39, 0.29) is 37.2 Å². The van der Waals surface area contributed by atoms with Gasteiger partial charge >= 0.3 is 0 Å². The number of likely N-dealkylation sites (N-methyl/N-ethyl adjacent to an activating group) is 1. The summed E-state index contributed by atoms with van der Waals surface area (Å²) in [7, 11) is 3.28. The lowest BCUT2D eigenvalue weighted by Gasteiger charge is -2.27. The second kappa shape index (κ2) is 12.7. The summed E-state index contributed by atoms with van der Waals surface area (Å²) in [5, 5.41) is 7.71. The molecule has 0 saturated carbocycles. The van der Waals surface area contributed by atoms with Crippen molar-refractivity contribution in [3.63, 3.8) is 0 Å². The lowest BCUT2D eigenvalue weighted by Crippen LogP contribution is -2.55. The molecule has 0 radical (unpaired) electrons. The number of ether oxygens (including phenoxy) is 1. The number of benzene rings is 3. The Kier molecular flexibility index (Phi) is 8.84. The molecule has 4 aromatic rings. The molecular formula is C32H32BrN5O4. The zero-order valence-electron chi connectivity index (χ0n) is 23.6. The summed E-state index contributed by atoms with van der Waals surface area (Å²) < 4.78 is 6.67. The molecule has 2 heterocycles. The fourth-order valence-electron chi connectivity index (χ4n) is 5.17. The Morgan fingerprint density at radius 1 is 1.05 bits per heavy atom. The molecule has 9 nitrogen and oxygen atoms in total. The van der Waals surface area contributed by atoms with Crippen LogP contribution >= 0.6 is 15.9 Å². The van der Waals surface area contributed by atoms with Crippen molar-refractivity contribution in [1.82, 2.24) is 15.6 Å². The van der Waals surface area contributed by atoms with Gasteiger partial charge in [0.25, 0.3) is 5.91 Å². The number of fused-ring (bicyclic) bond motifs is 2. The number of pyridine rings is 1. The molecule has 3 amide bonds. The van der Waals surface area contributed by atoms with Crippen molar-refractivity contribution in [3.05, 3.63) is 94.7 Å². The standard InChI is InChI=1S/C32H32BrN5O4/c1-20(34-2)31(40)36-26-19-37(30(39)16-21-8-7-15-35-17-21)27-11-4-5-12-28(27)38(32(26)41)18-24-22-9-6-10-25(33)23(22)13-14-29(24)42-3/h4-15,17,20,26,34H,16,18-19H2,1-3H3,(H,36,40)/t20-,26-/m0/s1. The van der Waals surface area contributed by atoms with Gasteiger partial charge in [-0.1, -0.05) is 46.3 Å². The quantitative estimate of drug-likeness (QED) is 0.302. The Bertz CT molecular complexity index is 1630. The first-order valence-corrected chi connectivity index (χ1v) is 14.4. The third-order valence-corrected chi connectivity index (χ3v) is 8.22. The van der Waals surface area contributed by atoms with Crippen LogP contribution in [-0.4, -0.2) is 55.5 Å². The van der Waals surface area contributed by atoms with Gasteiger partial charge in [0, 0.05) is 22.4 Å². The molecule has 0 aliphatic carbocycles. The predicted molar refractivity (Wildman–Crippen MR) is 167 cm³/mol. The molecule has 1 aromatic heterocycles. The van der Waals surface area contributed by atoms with E-state index in [2.05, 4.69) is 31.5 Å². The summed E-state index contributed by atoms with van der Waals surface area (Å²) in [6.45, 7) is 1.85. The number of nitrogens with one attached hydrogen (secondary N) is 2. The Balaban J connectivity index is 1.62. The van der Waals surface area contributed by atoms with Crippen molar-refractivity contribution in [2.45, 2.75) is 32.0 Å². The Hall–Kier alpha value is -4.28. The van der Waals surface area contributed by atoms with E-state index in [1.807, 2.05) is 60.7 Å². The Morgan fingerprint density at radius 2 is 1.83 bits per heavy atom. The minimum atomic E-state index is -0.994. The van der Waals surface area contributed by atoms with Crippen LogP contribution in [0.4, 0.5) is 11.4 Å². The largest absolute Gasteiger partial charge is 0.496 e. The van der Waals surface area contributed by atoms with Crippen LogP contribution in [0.3, 0.4) is 0 Å². The summed E-state index contributed by atoms with van der Waals surface area (Å²) in [5.74, 6) is -0.250. The van der Waals surface area contributed by atoms with Crippen LogP contribution in [0.5, 0.6) is 5.75 Å². The number of aromatic nitrogens is 1. The number of hydrogen-bond donors (Lipinski definition) is 2. The number of anilines is 2. The molecule has 0 saturated heterocycles. The van der Waals surface area contributed by atoms with Crippen molar-refractivity contribution in [3.8, 4) is 5.75 Å². The lowest BCUT2D eigenvalue weighted by molar-refractivity contribution is -0.128. The van der Waals surface area contributed by atoms with Gasteiger partial charge in [0.2, 0.25) is 11.8 Å². The zero-order chi connectivity index (χ0) is 29.8. The summed E-state index contributed by atoms with van der Waals surface area (Å²) in [6.07, 6.45) is 3.40. The van der Waals surface area contributed by atoms with Crippen LogP contribution in [0.2, 0.25) is 0 Å². The highest BCUT2D eigenvalue weighted by Gasteiger charge is 2.37. The predicted octanol–water partition coefficient (Wildman–Crippen LogP) is 4.22. The van der Waals surface area contributed by atoms with E-state index in [9.17, 15) is 14.4 Å². The molecule has 3 aromatic carbocycles. The lowest BCUT2D eigenvalue weighted by atomic mass is 10.0. The van der Waals surface area contributed by atoms with E-state index in [4.69, 9.17) is 4.74 Å². The summed E-state index contributed by atoms with van der Waals surface area (Å²) in [5.41, 5.74) is 2.71. The highest BCUT2D eigenvalue weighted by molar-refractivity contribution is 9.10. The van der Waals surface area contributed by atoms with Crippen LogP contribution in [0.1, 0.15) is 18.1 Å². The number of nitrogens with zero attached hydrogens (tertiary/aromatic N) is 3. The first-order valence-electron chi connectivity index (χ1n) is 13.6. The third-order valence-electron chi connectivity index (χ3n) is 7.53. The molecule has 5 rings (SSSR count). The van der Waals surface area contributed by atoms with Crippen molar-refractivity contribution in [2.75, 3.05) is 30.5 Å². The second-order valence-electron chi connectivity index (χ2n) is 10.1. The number of carbonyl (C=O) groups excluding carboxylic acids is 3. The molecule has 10 heteroatoms. The molecule has 0 spiro atoms. The van der Waals surface area contributed by atoms with Gasteiger partial charge in [-0.05, 0) is 66.7 Å². The number of carbonyl (C=O) groups is 3. The van der Waals surface area contributed by atoms with Gasteiger partial charge in [-0.25, -0.2) is 0 Å². The number of rotatable bonds is 8. The van der Waals surface area contributed by atoms with E-state index in [1.54, 1.807) is 49.3 Å². The fraction of sp³-hybridized carbons (Fsp3) is 0.250. The number of hydrogen-bond acceptors (Lipinski definition) is 6. The van der Waals surface area contributed by atoms with Crippen molar-refractivity contribution in [1.29, 1.82) is 0 Å². The highest BCUT2D eigenvalue weighted by Crippen LogP contribution is 2.38. The van der Waals surface area contributed by atoms with E-state index >= 15 is 0 Å². The van der Waals surface area contributed by atoms with Crippen LogP contribution in [0.25, 0.3) is 10.8 Å². The minimum Gasteiger partial charge on any atom is -0.496 e. The average molecular weight is 631 g/mol. The fourth-order valence-corrected chi connectivity index (χ4v) is 5.67. The molecule has 2 N–H and O–H groups in total. The van der Waals surface area contributed by atoms with Gasteiger partial charge in [-0.2, -0.15) is 0 Å². The van der Waals surface area contributed by atoms with Gasteiger partial charge in [0.05, 0.1) is 44.0 Å². The van der Waals surface area contributed by atoms with Gasteiger partial charge < -0.3 is 25.2 Å². The topological polar surface area (TPSA) is 104 Å². The number of methoxy groups -OCH3 is 1. The second-order valence-corrected chi connectivity index (χ2v) is 11.0. The van der Waals surface area contributed by atoms with E-state index < -0.39 is 12.1 Å². The highest BCUT2D eigenvalue weighted by atomic mass is 79.9. The zero-order valence-corrected chi connectivity index (χ0v) is 25.2. The number of halogens is 1. The molecule has 1 aliphatic heterocycles. The molecule has 0 fully saturated rings. The smallest absolute Gasteiger partial charge is 0.251 e. The van der Waals surface area contributed by atoms with Gasteiger partial charge in [-0.15, -0.1) is 0 Å². The average Bonchev–Trinajstić information content (AvgIpc) is 3.12. The maximum atomic E-state index is 14.4. The van der Waals surface area contributed by atoms with Gasteiger partial charge in [0.1, 0.15) is 11.8 Å². The van der Waals surface area contributed by atoms with Crippen molar-refractivity contribution >= 4 is 55.8 Å². The summed E-state index contributed by atoms with van der Waals surface area (Å²) >= 11 is 3.64. The molecule has 216 valence electrons. The molecule has 1 aliphatic rings. The first kappa shape index (κ1) is 29.2. The molecule has 2 atom stereocenters. The molecule has 42 heavy (non-hydrogen) atoms. The maximum Gasteiger partial charge on any atom is 0.251 e. The van der Waals surface area contributed by atoms with E-state index in [0.717, 1.165) is 26.4 Å². The van der Waals surface area contributed by atoms with Gasteiger partial charge in [-0.3, -0.25) is 19.4 Å². The molecular weight excluding hydrogens is 598 g/mol. The summed E-state index contributed by atoms with van der Waals surface area (Å²) in [4.78, 5) is 48.6. The third kappa shape index (κ3) is 5.86. The minimum absolute atomic E-state index is 0.0220. The van der Waals surface area contributed by atoms with Crippen LogP contribution in [-0.2, 0) is 27.3 Å². The molecule has 0 bridgehead atoms. The van der Waals surface area contributed by atoms with Crippen molar-refractivity contribution in [2.24, 2.45) is 0 Å². The first-order chi connectivity index (χ1) is 20.3. The van der Waals surface area contributed by atoms with Crippen molar-refractivity contribution < 1.29 is 19.1 Å². The van der Waals surface area contributed by atoms with E-state index in [1.165, 1.54) is 0 Å². The Labute approximate surface area is 253 Å². The monoisotopic (exact) mass is 629 g/mol. The van der Waals surface area contributed by atoms with Gasteiger partial charge in [0.15, 0.2) is 0 Å². The van der Waals surface area contributed by atoms with Crippen LogP contribution < -0.4 is 25.2 Å². The molecule has 0 unspecified atom stereocenters. The Morgan fingerprint density at radius 3 is 2.55 bits per heavy atom. The summed E-state index contributed by atoms with van der Waals surface area (Å²) in [6, 6.07) is 19.2. The maximum absolute atomic E-state index is 14.4. The SMILES string of the molecule is CN[C@@H](C)C(=O)N[C@H]1CN(C(=O)Cc2cccnc2)c2ccccc2N(Cc2c(OC)ccc3c(Br)cccc23)C1=O. The normalized spacial score (nSPS) is 15.6. The number of para-hydroxylation sites is 2. The van der Waals surface area contributed by atoms with Crippen LogP contribution in [0.15, 0.2) is 83.6 Å². The van der Waals surface area contributed by atoms with Crippen LogP contribution in [0, 0.1) is 0 Å².